The number of nitrogens with one attached hydrogen (secondary N) is 2. The van der Waals surface area contributed by atoms with Gasteiger partial charge in [0.15, 0.2) is 10.3 Å². The third-order valence-corrected chi connectivity index (χ3v) is 7.58. The zero-order chi connectivity index (χ0) is 22.6. The number of benzene rings is 2. The third kappa shape index (κ3) is 5.42. The predicted molar refractivity (Wildman–Crippen MR) is 127 cm³/mol. The smallest absolute Gasteiger partial charge is 0.263 e. The van der Waals surface area contributed by atoms with Crippen molar-refractivity contribution >= 4 is 59.1 Å². The fraction of sp³-hybridized carbons (Fsp3) is 0.190. The van der Waals surface area contributed by atoms with Crippen LogP contribution < -0.4 is 14.8 Å². The molecule has 2 N–H and O–H groups in total. The lowest BCUT2D eigenvalue weighted by molar-refractivity contribution is -0.116. The highest BCUT2D eigenvalue weighted by Gasteiger charge is 2.16. The van der Waals surface area contributed by atoms with E-state index in [9.17, 15) is 13.2 Å². The first-order chi connectivity index (χ1) is 15.4. The third-order valence-electron chi connectivity index (χ3n) is 4.35. The molecular formula is C21H20N4O4S3. The van der Waals surface area contributed by atoms with Crippen molar-refractivity contribution in [2.24, 2.45) is 0 Å². The van der Waals surface area contributed by atoms with Crippen molar-refractivity contribution in [2.45, 2.75) is 24.7 Å². The van der Waals surface area contributed by atoms with Crippen LogP contribution in [0.4, 0.5) is 10.3 Å². The van der Waals surface area contributed by atoms with Gasteiger partial charge in [-0.15, -0.1) is 11.3 Å². The van der Waals surface area contributed by atoms with Gasteiger partial charge >= 0.3 is 0 Å². The summed E-state index contributed by atoms with van der Waals surface area (Å²) >= 11 is 2.56. The van der Waals surface area contributed by atoms with Crippen LogP contribution in [-0.4, -0.2) is 30.9 Å². The zero-order valence-corrected chi connectivity index (χ0v) is 19.5. The lowest BCUT2D eigenvalue weighted by Crippen LogP contribution is -2.13. The van der Waals surface area contributed by atoms with Gasteiger partial charge in [-0.25, -0.2) is 18.4 Å². The first-order valence-electron chi connectivity index (χ1n) is 9.78. The topological polar surface area (TPSA) is 110 Å². The predicted octanol–water partition coefficient (Wildman–Crippen LogP) is 4.52. The number of carbonyl (C=O) groups excluding carboxylic acids is 1. The quantitative estimate of drug-likeness (QED) is 0.358. The SMILES string of the molecule is CCOc1ccc2nc(NC(=O)CCc3csc(NS(=O)(=O)c4ccccc4)n3)sc2c1. The Balaban J connectivity index is 1.33. The number of hydrogen-bond acceptors (Lipinski definition) is 8. The number of carbonyl (C=O) groups is 1. The number of fused-ring (bicyclic) bond motifs is 1. The Kier molecular flexibility index (Phi) is 6.68. The largest absolute Gasteiger partial charge is 0.494 e. The van der Waals surface area contributed by atoms with Crippen LogP contribution in [0.15, 0.2) is 58.8 Å². The summed E-state index contributed by atoms with van der Waals surface area (Å²) in [4.78, 5) is 21.2. The molecule has 2 heterocycles. The molecule has 0 aliphatic carbocycles. The van der Waals surface area contributed by atoms with E-state index in [0.29, 0.717) is 23.9 Å². The van der Waals surface area contributed by atoms with Crippen LogP contribution in [0, 0.1) is 0 Å². The number of thiazole rings is 2. The molecule has 4 rings (SSSR count). The fourth-order valence-electron chi connectivity index (χ4n) is 2.88. The van der Waals surface area contributed by atoms with Crippen molar-refractivity contribution in [3.8, 4) is 5.75 Å². The van der Waals surface area contributed by atoms with Gasteiger partial charge in [0.2, 0.25) is 5.91 Å². The van der Waals surface area contributed by atoms with Gasteiger partial charge in [-0.1, -0.05) is 29.5 Å². The minimum Gasteiger partial charge on any atom is -0.494 e. The van der Waals surface area contributed by atoms with Crippen molar-refractivity contribution in [3.63, 3.8) is 0 Å². The second-order valence-corrected chi connectivity index (χ2v) is 10.3. The van der Waals surface area contributed by atoms with Crippen molar-refractivity contribution in [2.75, 3.05) is 16.6 Å². The van der Waals surface area contributed by atoms with E-state index in [-0.39, 0.29) is 22.4 Å². The van der Waals surface area contributed by atoms with E-state index >= 15 is 0 Å². The molecule has 11 heteroatoms. The minimum absolute atomic E-state index is 0.167. The average molecular weight is 489 g/mol. The molecule has 0 spiro atoms. The Morgan fingerprint density at radius 1 is 1.09 bits per heavy atom. The Morgan fingerprint density at radius 2 is 1.91 bits per heavy atom. The first-order valence-corrected chi connectivity index (χ1v) is 13.0. The van der Waals surface area contributed by atoms with E-state index in [0.717, 1.165) is 16.0 Å². The number of sulfonamides is 1. The van der Waals surface area contributed by atoms with E-state index in [4.69, 9.17) is 4.74 Å². The van der Waals surface area contributed by atoms with Crippen LogP contribution in [0.5, 0.6) is 5.75 Å². The Morgan fingerprint density at radius 3 is 2.69 bits per heavy atom. The fourth-order valence-corrected chi connectivity index (χ4v) is 5.81. The summed E-state index contributed by atoms with van der Waals surface area (Å²) in [5, 5.41) is 5.34. The molecule has 0 atom stereocenters. The molecule has 0 unspecified atom stereocenters. The van der Waals surface area contributed by atoms with E-state index < -0.39 is 10.0 Å². The van der Waals surface area contributed by atoms with Crippen molar-refractivity contribution in [1.82, 2.24) is 9.97 Å². The summed E-state index contributed by atoms with van der Waals surface area (Å²) in [6, 6.07) is 13.7. The standard InChI is InChI=1S/C21H20N4O4S3/c1-2-29-15-9-10-17-18(12-15)31-20(23-17)24-19(26)11-8-14-13-30-21(22-14)25-32(27,28)16-6-4-3-5-7-16/h3-7,9-10,12-13H,2,8,11H2,1H3,(H,22,25)(H,23,24,26). The summed E-state index contributed by atoms with van der Waals surface area (Å²) in [5.74, 6) is 0.581. The van der Waals surface area contributed by atoms with Gasteiger partial charge in [0, 0.05) is 11.8 Å². The highest BCUT2D eigenvalue weighted by atomic mass is 32.2. The molecule has 0 saturated carbocycles. The minimum atomic E-state index is -3.69. The first kappa shape index (κ1) is 22.2. The molecule has 2 aromatic carbocycles. The molecule has 8 nitrogen and oxygen atoms in total. The van der Waals surface area contributed by atoms with Gasteiger partial charge in [0.1, 0.15) is 5.75 Å². The lowest BCUT2D eigenvalue weighted by atomic mass is 10.2. The zero-order valence-electron chi connectivity index (χ0n) is 17.1. The number of anilines is 2. The van der Waals surface area contributed by atoms with Gasteiger partial charge in [-0.2, -0.15) is 0 Å². The summed E-state index contributed by atoms with van der Waals surface area (Å²) in [7, 11) is -3.69. The van der Waals surface area contributed by atoms with Gasteiger partial charge in [0.05, 0.1) is 27.4 Å². The Labute approximate surface area is 193 Å². The normalized spacial score (nSPS) is 11.4. The van der Waals surface area contributed by atoms with Gasteiger partial charge in [-0.05, 0) is 43.7 Å². The van der Waals surface area contributed by atoms with Crippen LogP contribution in [0.25, 0.3) is 10.2 Å². The van der Waals surface area contributed by atoms with Gasteiger partial charge in [-0.3, -0.25) is 9.52 Å². The molecule has 4 aromatic rings. The molecule has 1 amide bonds. The number of nitrogens with zero attached hydrogens (tertiary/aromatic N) is 2. The summed E-state index contributed by atoms with van der Waals surface area (Å²) in [6.07, 6.45) is 0.587. The monoisotopic (exact) mass is 488 g/mol. The molecule has 0 bridgehead atoms. The highest BCUT2D eigenvalue weighted by Crippen LogP contribution is 2.29. The Hall–Kier alpha value is -3.02. The van der Waals surface area contributed by atoms with E-state index in [1.165, 1.54) is 34.8 Å². The van der Waals surface area contributed by atoms with E-state index in [2.05, 4.69) is 20.0 Å². The number of aryl methyl sites for hydroxylation is 1. The molecule has 0 radical (unpaired) electrons. The van der Waals surface area contributed by atoms with Crippen LogP contribution in [-0.2, 0) is 21.2 Å². The van der Waals surface area contributed by atoms with Crippen LogP contribution in [0.1, 0.15) is 19.0 Å². The van der Waals surface area contributed by atoms with Crippen LogP contribution in [0.3, 0.4) is 0 Å². The number of amides is 1. The number of rotatable bonds is 9. The summed E-state index contributed by atoms with van der Waals surface area (Å²) < 4.78 is 33.7. The molecular weight excluding hydrogens is 468 g/mol. The van der Waals surface area contributed by atoms with Crippen molar-refractivity contribution in [3.05, 3.63) is 59.6 Å². The van der Waals surface area contributed by atoms with Crippen molar-refractivity contribution < 1.29 is 17.9 Å². The molecule has 0 aliphatic heterocycles. The number of aromatic nitrogens is 2. The maximum atomic E-state index is 12.4. The number of hydrogen-bond donors (Lipinski definition) is 2. The molecule has 0 saturated heterocycles. The average Bonchev–Trinajstić information content (AvgIpc) is 3.38. The van der Waals surface area contributed by atoms with E-state index in [1.54, 1.807) is 23.6 Å². The second-order valence-electron chi connectivity index (χ2n) is 6.69. The van der Waals surface area contributed by atoms with Crippen molar-refractivity contribution in [1.29, 1.82) is 0 Å². The molecule has 2 aromatic heterocycles. The molecule has 0 aliphatic rings. The van der Waals surface area contributed by atoms with Gasteiger partial charge in [0.25, 0.3) is 10.0 Å². The maximum Gasteiger partial charge on any atom is 0.263 e. The molecule has 0 fully saturated rings. The highest BCUT2D eigenvalue weighted by molar-refractivity contribution is 7.93. The molecule has 32 heavy (non-hydrogen) atoms. The van der Waals surface area contributed by atoms with E-state index in [1.807, 2.05) is 25.1 Å². The van der Waals surface area contributed by atoms with Gasteiger partial charge < -0.3 is 10.1 Å². The van der Waals surface area contributed by atoms with Crippen LogP contribution >= 0.6 is 22.7 Å². The maximum absolute atomic E-state index is 12.4. The Bertz CT molecular complexity index is 1330. The summed E-state index contributed by atoms with van der Waals surface area (Å²) in [5.41, 5.74) is 1.44. The summed E-state index contributed by atoms with van der Waals surface area (Å²) in [6.45, 7) is 2.51. The number of ether oxygens (including phenoxy) is 1. The second kappa shape index (κ2) is 9.63. The van der Waals surface area contributed by atoms with Crippen LogP contribution in [0.2, 0.25) is 0 Å². The lowest BCUT2D eigenvalue weighted by Gasteiger charge is -2.04. The molecule has 166 valence electrons.